The topological polar surface area (TPSA) is 64.9 Å². The second-order valence-corrected chi connectivity index (χ2v) is 6.44. The summed E-state index contributed by atoms with van der Waals surface area (Å²) in [5, 5.41) is 15.6. The Morgan fingerprint density at radius 1 is 1.43 bits per heavy atom. The van der Waals surface area contributed by atoms with Crippen molar-refractivity contribution >= 4 is 12.0 Å². The van der Waals surface area contributed by atoms with Crippen molar-refractivity contribution in [2.45, 2.75) is 51.2 Å². The first-order valence-electron chi connectivity index (χ1n) is 8.21. The fraction of sp³-hybridized carbons (Fsp3) is 0.474. The summed E-state index contributed by atoms with van der Waals surface area (Å²) in [5.74, 6) is 0.218. The van der Waals surface area contributed by atoms with Gasteiger partial charge >= 0.3 is 0 Å². The Hall–Kier alpha value is -2.12. The minimum atomic E-state index is -0.511. The molecule has 1 aliphatic heterocycles. The Bertz CT molecular complexity index is 588. The third kappa shape index (κ3) is 4.67. The van der Waals surface area contributed by atoms with Crippen molar-refractivity contribution in [3.8, 4) is 6.07 Å². The maximum atomic E-state index is 12.5. The van der Waals surface area contributed by atoms with E-state index in [1.54, 1.807) is 6.08 Å². The van der Waals surface area contributed by atoms with Crippen LogP contribution in [0.5, 0.6) is 0 Å². The number of piperidine rings is 1. The maximum Gasteiger partial charge on any atom is 0.238 e. The van der Waals surface area contributed by atoms with E-state index in [1.165, 1.54) is 0 Å². The number of nitriles is 1. The van der Waals surface area contributed by atoms with Gasteiger partial charge in [-0.2, -0.15) is 5.26 Å². The molecule has 23 heavy (non-hydrogen) atoms. The van der Waals surface area contributed by atoms with E-state index in [4.69, 9.17) is 0 Å². The lowest BCUT2D eigenvalue weighted by molar-refractivity contribution is -0.125. The number of carbonyl (C=O) groups is 1. The molecule has 0 unspecified atom stereocenters. The van der Waals surface area contributed by atoms with Gasteiger partial charge in [-0.1, -0.05) is 43.8 Å². The van der Waals surface area contributed by atoms with Crippen LogP contribution in [-0.2, 0) is 11.2 Å². The zero-order valence-corrected chi connectivity index (χ0v) is 13.9. The zero-order valence-electron chi connectivity index (χ0n) is 13.9. The van der Waals surface area contributed by atoms with Crippen LogP contribution in [0.3, 0.4) is 0 Å². The maximum absolute atomic E-state index is 12.5. The Kier molecular flexibility index (Phi) is 5.95. The van der Waals surface area contributed by atoms with Crippen LogP contribution < -0.4 is 10.6 Å². The molecule has 122 valence electrons. The van der Waals surface area contributed by atoms with Crippen molar-refractivity contribution in [3.63, 3.8) is 0 Å². The van der Waals surface area contributed by atoms with E-state index >= 15 is 0 Å². The highest BCUT2D eigenvalue weighted by molar-refractivity contribution is 5.82. The quantitative estimate of drug-likeness (QED) is 0.878. The van der Waals surface area contributed by atoms with Gasteiger partial charge in [0.25, 0.3) is 0 Å². The summed E-state index contributed by atoms with van der Waals surface area (Å²) in [6.07, 6.45) is 4.41. The summed E-state index contributed by atoms with van der Waals surface area (Å²) < 4.78 is 0. The van der Waals surface area contributed by atoms with Crippen molar-refractivity contribution in [3.05, 3.63) is 42.0 Å². The Morgan fingerprint density at radius 2 is 2.13 bits per heavy atom. The SMILES string of the molecule is C=Cc1ccc(C[C@@H](C#N)NC(=O)[C@H]2N[C@@H](C)CC[C@H]2C)cc1. The van der Waals surface area contributed by atoms with Crippen LogP contribution in [-0.4, -0.2) is 24.0 Å². The second kappa shape index (κ2) is 7.94. The highest BCUT2D eigenvalue weighted by Crippen LogP contribution is 2.19. The van der Waals surface area contributed by atoms with Crippen LogP contribution in [0.25, 0.3) is 6.08 Å². The molecule has 0 aliphatic carbocycles. The monoisotopic (exact) mass is 311 g/mol. The molecule has 1 amide bonds. The predicted molar refractivity (Wildman–Crippen MR) is 92.6 cm³/mol. The van der Waals surface area contributed by atoms with Gasteiger partial charge in [-0.15, -0.1) is 0 Å². The molecule has 4 heteroatoms. The van der Waals surface area contributed by atoms with Gasteiger partial charge in [-0.25, -0.2) is 0 Å². The molecule has 4 atom stereocenters. The average Bonchev–Trinajstić information content (AvgIpc) is 2.57. The number of hydrogen-bond donors (Lipinski definition) is 2. The van der Waals surface area contributed by atoms with Gasteiger partial charge in [-0.05, 0) is 36.8 Å². The van der Waals surface area contributed by atoms with Gasteiger partial charge in [0.15, 0.2) is 0 Å². The summed E-state index contributed by atoms with van der Waals surface area (Å²) in [4.78, 5) is 12.5. The lowest BCUT2D eigenvalue weighted by atomic mass is 9.88. The smallest absolute Gasteiger partial charge is 0.238 e. The Balaban J connectivity index is 1.96. The minimum Gasteiger partial charge on any atom is -0.339 e. The van der Waals surface area contributed by atoms with Crippen LogP contribution in [0.2, 0.25) is 0 Å². The molecule has 0 radical (unpaired) electrons. The fourth-order valence-electron chi connectivity index (χ4n) is 2.98. The standard InChI is InChI=1S/C19H25N3O/c1-4-15-7-9-16(10-8-15)11-17(12-20)22-19(23)18-13(2)5-6-14(3)21-18/h4,7-10,13-14,17-18,21H,1,5-6,11H2,2-3H3,(H,22,23)/t13-,14+,17+,18+/m1/s1. The van der Waals surface area contributed by atoms with Crippen molar-refractivity contribution in [1.82, 2.24) is 10.6 Å². The molecule has 1 aromatic carbocycles. The molecule has 0 aromatic heterocycles. The first-order valence-corrected chi connectivity index (χ1v) is 8.21. The third-order valence-electron chi connectivity index (χ3n) is 4.50. The number of nitrogens with zero attached hydrogens (tertiary/aromatic N) is 1. The summed E-state index contributed by atoms with van der Waals surface area (Å²) in [5.41, 5.74) is 2.07. The molecule has 0 bridgehead atoms. The van der Waals surface area contributed by atoms with E-state index in [-0.39, 0.29) is 17.9 Å². The first-order chi connectivity index (χ1) is 11.0. The first kappa shape index (κ1) is 17.2. The van der Waals surface area contributed by atoms with Crippen molar-refractivity contribution < 1.29 is 4.79 Å². The Labute approximate surface area is 138 Å². The van der Waals surface area contributed by atoms with Crippen LogP contribution in [0.4, 0.5) is 0 Å². The molecule has 1 aliphatic rings. The van der Waals surface area contributed by atoms with Crippen LogP contribution in [0.15, 0.2) is 30.8 Å². The summed E-state index contributed by atoms with van der Waals surface area (Å²) in [6, 6.07) is 9.68. The van der Waals surface area contributed by atoms with E-state index in [2.05, 4.69) is 37.1 Å². The molecular formula is C19H25N3O. The van der Waals surface area contributed by atoms with Crippen molar-refractivity contribution in [2.75, 3.05) is 0 Å². The molecule has 1 fully saturated rings. The van der Waals surface area contributed by atoms with Gasteiger partial charge < -0.3 is 10.6 Å². The van der Waals surface area contributed by atoms with Gasteiger partial charge in [0.2, 0.25) is 5.91 Å². The summed E-state index contributed by atoms with van der Waals surface area (Å²) >= 11 is 0. The summed E-state index contributed by atoms with van der Waals surface area (Å²) in [6.45, 7) is 7.90. The van der Waals surface area contributed by atoms with E-state index < -0.39 is 6.04 Å². The number of amides is 1. The van der Waals surface area contributed by atoms with Gasteiger partial charge in [0.1, 0.15) is 6.04 Å². The van der Waals surface area contributed by atoms with Crippen molar-refractivity contribution in [2.24, 2.45) is 5.92 Å². The van der Waals surface area contributed by atoms with Gasteiger partial charge in [0, 0.05) is 12.5 Å². The largest absolute Gasteiger partial charge is 0.339 e. The predicted octanol–water partition coefficient (Wildman–Crippen LogP) is 2.66. The molecule has 2 N–H and O–H groups in total. The zero-order chi connectivity index (χ0) is 16.8. The lowest BCUT2D eigenvalue weighted by Gasteiger charge is -2.33. The second-order valence-electron chi connectivity index (χ2n) is 6.44. The Morgan fingerprint density at radius 3 is 2.74 bits per heavy atom. The minimum absolute atomic E-state index is 0.0710. The molecule has 1 heterocycles. The molecule has 0 saturated carbocycles. The van der Waals surface area contributed by atoms with E-state index in [1.807, 2.05) is 24.3 Å². The van der Waals surface area contributed by atoms with Crippen LogP contribution in [0.1, 0.15) is 37.8 Å². The van der Waals surface area contributed by atoms with Gasteiger partial charge in [-0.3, -0.25) is 4.79 Å². The van der Waals surface area contributed by atoms with Crippen LogP contribution in [0, 0.1) is 17.2 Å². The van der Waals surface area contributed by atoms with Crippen molar-refractivity contribution in [1.29, 1.82) is 5.26 Å². The van der Waals surface area contributed by atoms with E-state index in [0.717, 1.165) is 24.0 Å². The third-order valence-corrected chi connectivity index (χ3v) is 4.50. The van der Waals surface area contributed by atoms with E-state index in [9.17, 15) is 10.1 Å². The number of carbonyl (C=O) groups excluding carboxylic acids is 1. The number of rotatable bonds is 5. The lowest BCUT2D eigenvalue weighted by Crippen LogP contribution is -2.55. The number of benzene rings is 1. The molecule has 4 nitrogen and oxygen atoms in total. The highest BCUT2D eigenvalue weighted by atomic mass is 16.2. The van der Waals surface area contributed by atoms with Gasteiger partial charge in [0.05, 0.1) is 12.1 Å². The normalized spacial score (nSPS) is 25.2. The molecular weight excluding hydrogens is 286 g/mol. The highest BCUT2D eigenvalue weighted by Gasteiger charge is 2.31. The molecule has 1 saturated heterocycles. The number of nitrogens with one attached hydrogen (secondary N) is 2. The molecule has 1 aromatic rings. The van der Waals surface area contributed by atoms with Crippen LogP contribution >= 0.6 is 0 Å². The van der Waals surface area contributed by atoms with E-state index in [0.29, 0.717) is 12.5 Å². The average molecular weight is 311 g/mol. The summed E-state index contributed by atoms with van der Waals surface area (Å²) in [7, 11) is 0. The molecule has 0 spiro atoms. The fourth-order valence-corrected chi connectivity index (χ4v) is 2.98. The number of hydrogen-bond acceptors (Lipinski definition) is 3. The molecule has 2 rings (SSSR count).